The Morgan fingerprint density at radius 1 is 0.319 bits per heavy atom. The van der Waals surface area contributed by atoms with Crippen LogP contribution in [0.5, 0.6) is 0 Å². The van der Waals surface area contributed by atoms with Gasteiger partial charge in [0, 0.05) is 25.7 Å². The van der Waals surface area contributed by atoms with Crippen LogP contribution in [0.15, 0.2) is 0 Å². The second kappa shape index (κ2) is 62.8. The number of carbonyl (C=O) groups excluding carboxylic acids is 4. The van der Waals surface area contributed by atoms with E-state index in [1.165, 1.54) is 167 Å². The maximum absolute atomic E-state index is 13.0. The highest BCUT2D eigenvalue weighted by Crippen LogP contribution is 2.45. The van der Waals surface area contributed by atoms with Crippen molar-refractivity contribution < 1.29 is 80.2 Å². The average molecular weight is 1340 g/mol. The third kappa shape index (κ3) is 65.1. The summed E-state index contributed by atoms with van der Waals surface area (Å²) in [4.78, 5) is 72.6. The van der Waals surface area contributed by atoms with Crippen molar-refractivity contribution in [2.24, 2.45) is 17.8 Å². The van der Waals surface area contributed by atoms with Crippen LogP contribution in [0.3, 0.4) is 0 Å². The molecule has 3 unspecified atom stereocenters. The number of aliphatic hydroxyl groups is 1. The highest BCUT2D eigenvalue weighted by Gasteiger charge is 2.30. The maximum Gasteiger partial charge on any atom is 0.472 e. The first-order chi connectivity index (χ1) is 43.8. The van der Waals surface area contributed by atoms with Gasteiger partial charge in [-0.15, -0.1) is 0 Å². The SMILES string of the molecule is CCCCCCCCCCCCCCCC(=O)OC[C@H](COP(=O)(O)OC[C@@H](O)COP(=O)(O)OC[C@@H](COC(=O)CCCCCCCCCC(C)C)OC(=O)CCCCCCCCCCC(C)CC)OC(=O)CCCCCCCCCCCCCCCC(C)C. The predicted molar refractivity (Wildman–Crippen MR) is 368 cm³/mol. The van der Waals surface area contributed by atoms with E-state index in [1.54, 1.807) is 0 Å². The van der Waals surface area contributed by atoms with Crippen molar-refractivity contribution in [3.05, 3.63) is 0 Å². The third-order valence-electron chi connectivity index (χ3n) is 17.0. The molecule has 0 aliphatic carbocycles. The normalized spacial score (nSPS) is 14.5. The van der Waals surface area contributed by atoms with E-state index >= 15 is 0 Å². The minimum atomic E-state index is -4.95. The van der Waals surface area contributed by atoms with Gasteiger partial charge >= 0.3 is 39.5 Å². The van der Waals surface area contributed by atoms with Gasteiger partial charge in [-0.05, 0) is 43.4 Å². The summed E-state index contributed by atoms with van der Waals surface area (Å²) in [6, 6.07) is 0. The van der Waals surface area contributed by atoms with Crippen molar-refractivity contribution in [3.63, 3.8) is 0 Å². The molecule has 0 amide bonds. The number of ether oxygens (including phenoxy) is 4. The first kappa shape index (κ1) is 89.1. The molecule has 0 saturated carbocycles. The second-order valence-electron chi connectivity index (χ2n) is 27.2. The molecule has 0 bridgehead atoms. The summed E-state index contributed by atoms with van der Waals surface area (Å²) < 4.78 is 68.4. The summed E-state index contributed by atoms with van der Waals surface area (Å²) >= 11 is 0. The Morgan fingerprint density at radius 2 is 0.560 bits per heavy atom. The molecule has 6 atom stereocenters. The van der Waals surface area contributed by atoms with E-state index in [-0.39, 0.29) is 25.7 Å². The topological polar surface area (TPSA) is 237 Å². The van der Waals surface area contributed by atoms with E-state index in [2.05, 4.69) is 48.5 Å². The molecule has 17 nitrogen and oxygen atoms in total. The fourth-order valence-corrected chi connectivity index (χ4v) is 12.4. The summed E-state index contributed by atoms with van der Waals surface area (Å²) in [7, 11) is -9.90. The molecular formula is C72H140O17P2. The molecule has 19 heteroatoms. The van der Waals surface area contributed by atoms with Crippen LogP contribution in [0.2, 0.25) is 0 Å². The Hall–Kier alpha value is -1.94. The summed E-state index contributed by atoms with van der Waals surface area (Å²) in [6.07, 6.45) is 47.1. The largest absolute Gasteiger partial charge is 0.472 e. The molecule has 0 spiro atoms. The average Bonchev–Trinajstić information content (AvgIpc) is 3.16. The van der Waals surface area contributed by atoms with Gasteiger partial charge in [-0.3, -0.25) is 37.3 Å². The number of phosphoric acid groups is 2. The highest BCUT2D eigenvalue weighted by molar-refractivity contribution is 7.47. The van der Waals surface area contributed by atoms with Crippen LogP contribution in [-0.4, -0.2) is 96.7 Å². The quantitative estimate of drug-likeness (QED) is 0.0222. The molecule has 0 aliphatic rings. The number of phosphoric ester groups is 2. The summed E-state index contributed by atoms with van der Waals surface area (Å²) in [5.41, 5.74) is 0. The van der Waals surface area contributed by atoms with Gasteiger partial charge in [0.2, 0.25) is 0 Å². The van der Waals surface area contributed by atoms with Gasteiger partial charge in [-0.2, -0.15) is 0 Å². The fraction of sp³-hybridized carbons (Fsp3) is 0.944. The zero-order valence-electron chi connectivity index (χ0n) is 59.3. The highest BCUT2D eigenvalue weighted by atomic mass is 31.2. The molecule has 0 aliphatic heterocycles. The van der Waals surface area contributed by atoms with E-state index in [9.17, 15) is 43.2 Å². The van der Waals surface area contributed by atoms with Gasteiger partial charge in [0.1, 0.15) is 19.3 Å². The standard InChI is InChI=1S/C72H140O17P2/c1-8-10-11-12-13-14-15-17-21-24-32-39-46-53-69(74)82-59-67(88-71(76)55-48-41-33-25-22-19-16-18-20-23-29-36-43-50-63(3)4)61-86-90(78,79)84-57-66(73)58-85-91(80,81)87-62-68(60-83-70(75)54-47-40-35-28-30-37-44-51-64(5)6)89-72(77)56-49-42-34-27-26-31-38-45-52-65(7)9-2/h63-68,73H,8-62H2,1-7H3,(H,78,79)(H,80,81)/t65?,66-,67-,68-/m1/s1. The molecule has 0 aromatic rings. The minimum Gasteiger partial charge on any atom is -0.462 e. The molecule has 0 radical (unpaired) electrons. The van der Waals surface area contributed by atoms with Gasteiger partial charge < -0.3 is 33.8 Å². The number of hydrogen-bond acceptors (Lipinski definition) is 15. The Labute approximate surface area is 556 Å². The van der Waals surface area contributed by atoms with E-state index in [0.717, 1.165) is 108 Å². The minimum absolute atomic E-state index is 0.104. The predicted octanol–water partition coefficient (Wildman–Crippen LogP) is 20.6. The van der Waals surface area contributed by atoms with Gasteiger partial charge in [-0.1, -0.05) is 312 Å². The van der Waals surface area contributed by atoms with Crippen molar-refractivity contribution in [2.45, 2.75) is 381 Å². The second-order valence-corrected chi connectivity index (χ2v) is 30.1. The Kier molecular flexibility index (Phi) is 61.5. The summed E-state index contributed by atoms with van der Waals surface area (Å²) in [6.45, 7) is 11.8. The Bertz CT molecular complexity index is 1790. The van der Waals surface area contributed by atoms with Crippen molar-refractivity contribution in [2.75, 3.05) is 39.6 Å². The number of unbranched alkanes of at least 4 members (excludes halogenated alkanes) is 37. The van der Waals surface area contributed by atoms with Crippen molar-refractivity contribution in [1.82, 2.24) is 0 Å². The van der Waals surface area contributed by atoms with Gasteiger partial charge in [0.15, 0.2) is 12.2 Å². The number of aliphatic hydroxyl groups excluding tert-OH is 1. The van der Waals surface area contributed by atoms with Gasteiger partial charge in [0.05, 0.1) is 26.4 Å². The molecule has 3 N–H and O–H groups in total. The molecule has 0 saturated heterocycles. The van der Waals surface area contributed by atoms with Crippen LogP contribution >= 0.6 is 15.6 Å². The molecule has 91 heavy (non-hydrogen) atoms. The van der Waals surface area contributed by atoms with E-state index in [1.807, 2.05) is 0 Å². The van der Waals surface area contributed by atoms with Gasteiger partial charge in [0.25, 0.3) is 0 Å². The van der Waals surface area contributed by atoms with Crippen LogP contribution < -0.4 is 0 Å². The zero-order chi connectivity index (χ0) is 67.3. The lowest BCUT2D eigenvalue weighted by Gasteiger charge is -2.21. The number of esters is 4. The van der Waals surface area contributed by atoms with E-state index < -0.39 is 97.5 Å². The molecule has 0 fully saturated rings. The Morgan fingerprint density at radius 3 is 0.835 bits per heavy atom. The number of rotatable bonds is 70. The molecule has 540 valence electrons. The van der Waals surface area contributed by atoms with E-state index in [4.69, 9.17) is 37.0 Å². The van der Waals surface area contributed by atoms with Crippen LogP contribution in [0, 0.1) is 17.8 Å². The molecule has 0 aromatic heterocycles. The lowest BCUT2D eigenvalue weighted by Crippen LogP contribution is -2.30. The first-order valence-electron chi connectivity index (χ1n) is 37.4. The van der Waals surface area contributed by atoms with Crippen molar-refractivity contribution >= 4 is 39.5 Å². The molecule has 0 aromatic carbocycles. The number of carbonyl (C=O) groups is 4. The summed E-state index contributed by atoms with van der Waals surface area (Å²) in [5, 5.41) is 10.6. The summed E-state index contributed by atoms with van der Waals surface area (Å²) in [5.74, 6) is 0.137. The smallest absolute Gasteiger partial charge is 0.462 e. The lowest BCUT2D eigenvalue weighted by molar-refractivity contribution is -0.161. The molecule has 0 heterocycles. The third-order valence-corrected chi connectivity index (χ3v) is 18.9. The van der Waals surface area contributed by atoms with Crippen molar-refractivity contribution in [1.29, 1.82) is 0 Å². The Balaban J connectivity index is 5.26. The van der Waals surface area contributed by atoms with Crippen molar-refractivity contribution in [3.8, 4) is 0 Å². The number of hydrogen-bond donors (Lipinski definition) is 3. The fourth-order valence-electron chi connectivity index (χ4n) is 10.9. The first-order valence-corrected chi connectivity index (χ1v) is 40.4. The van der Waals surface area contributed by atoms with Crippen LogP contribution in [0.4, 0.5) is 0 Å². The molecule has 0 rings (SSSR count). The van der Waals surface area contributed by atoms with Crippen LogP contribution in [0.1, 0.15) is 363 Å². The van der Waals surface area contributed by atoms with Crippen LogP contribution in [0.25, 0.3) is 0 Å². The monoisotopic (exact) mass is 1340 g/mol. The van der Waals surface area contributed by atoms with Crippen LogP contribution in [-0.2, 0) is 65.4 Å². The lowest BCUT2D eigenvalue weighted by atomic mass is 9.99. The maximum atomic E-state index is 13.0. The van der Waals surface area contributed by atoms with E-state index in [0.29, 0.717) is 31.6 Å². The zero-order valence-corrected chi connectivity index (χ0v) is 61.1. The van der Waals surface area contributed by atoms with Gasteiger partial charge in [-0.25, -0.2) is 9.13 Å². The molecular weight excluding hydrogens is 1200 g/mol.